The molecule has 4 heteroatoms. The summed E-state index contributed by atoms with van der Waals surface area (Å²) in [6, 6.07) is 9.25. The molecule has 2 saturated carbocycles. The van der Waals surface area contributed by atoms with E-state index in [1.54, 1.807) is 0 Å². The largest absolute Gasteiger partial charge is 0.394 e. The lowest BCUT2D eigenvalue weighted by Gasteiger charge is -2.38. The number of aliphatic hydroxyl groups excluding tert-OH is 1. The van der Waals surface area contributed by atoms with Crippen LogP contribution in [-0.4, -0.2) is 52.6 Å². The van der Waals surface area contributed by atoms with Gasteiger partial charge in [-0.3, -0.25) is 9.69 Å². The zero-order valence-electron chi connectivity index (χ0n) is 14.4. The zero-order valence-corrected chi connectivity index (χ0v) is 14.4. The Hall–Kier alpha value is -1.39. The Balaban J connectivity index is 1.48. The van der Waals surface area contributed by atoms with Crippen LogP contribution in [0.25, 0.3) is 0 Å². The molecule has 0 saturated heterocycles. The number of carbonyl (C=O) groups excluding carboxylic acids is 1. The van der Waals surface area contributed by atoms with Gasteiger partial charge in [-0.2, -0.15) is 0 Å². The smallest absolute Gasteiger partial charge is 0.237 e. The maximum atomic E-state index is 13.1. The number of benzene rings is 1. The molecule has 4 nitrogen and oxygen atoms in total. The highest BCUT2D eigenvalue weighted by molar-refractivity contribution is 5.79. The SMILES string of the molecule is O=C(CN1CCc2ccccc2C1CO)N(C1CCCC1)C1CC1. The minimum atomic E-state index is -0.0384. The summed E-state index contributed by atoms with van der Waals surface area (Å²) in [4.78, 5) is 17.5. The van der Waals surface area contributed by atoms with Crippen LogP contribution in [0.4, 0.5) is 0 Å². The average Bonchev–Trinajstić information content (AvgIpc) is 3.28. The zero-order chi connectivity index (χ0) is 16.5. The maximum Gasteiger partial charge on any atom is 0.237 e. The molecule has 4 rings (SSSR count). The highest BCUT2D eigenvalue weighted by atomic mass is 16.3. The molecule has 0 aromatic heterocycles. The molecule has 1 atom stereocenters. The number of nitrogens with zero attached hydrogens (tertiary/aromatic N) is 2. The van der Waals surface area contributed by atoms with Gasteiger partial charge in [0.05, 0.1) is 19.2 Å². The van der Waals surface area contributed by atoms with E-state index in [9.17, 15) is 9.90 Å². The molecule has 24 heavy (non-hydrogen) atoms. The molecule has 130 valence electrons. The number of rotatable bonds is 5. The molecule has 1 aromatic carbocycles. The van der Waals surface area contributed by atoms with Crippen LogP contribution < -0.4 is 0 Å². The molecule has 1 N–H and O–H groups in total. The Kier molecular flexibility index (Phi) is 4.59. The summed E-state index contributed by atoms with van der Waals surface area (Å²) in [5, 5.41) is 9.93. The lowest BCUT2D eigenvalue weighted by Crippen LogP contribution is -2.48. The fourth-order valence-electron chi connectivity index (χ4n) is 4.60. The summed E-state index contributed by atoms with van der Waals surface area (Å²) < 4.78 is 0. The van der Waals surface area contributed by atoms with E-state index in [0.717, 1.165) is 13.0 Å². The van der Waals surface area contributed by atoms with Crippen LogP contribution in [0.3, 0.4) is 0 Å². The van der Waals surface area contributed by atoms with E-state index in [2.05, 4.69) is 28.0 Å². The maximum absolute atomic E-state index is 13.1. The van der Waals surface area contributed by atoms with Gasteiger partial charge >= 0.3 is 0 Å². The Labute approximate surface area is 144 Å². The number of carbonyl (C=O) groups is 1. The number of hydrogen-bond acceptors (Lipinski definition) is 3. The van der Waals surface area contributed by atoms with E-state index in [-0.39, 0.29) is 18.6 Å². The van der Waals surface area contributed by atoms with Crippen LogP contribution in [0.2, 0.25) is 0 Å². The third kappa shape index (κ3) is 3.09. The minimum Gasteiger partial charge on any atom is -0.394 e. The molecular weight excluding hydrogens is 300 g/mol. The lowest BCUT2D eigenvalue weighted by atomic mass is 9.93. The minimum absolute atomic E-state index is 0.0384. The predicted octanol–water partition coefficient (Wildman–Crippen LogP) is 2.51. The van der Waals surface area contributed by atoms with Crippen molar-refractivity contribution in [2.45, 2.75) is 63.1 Å². The third-order valence-electron chi connectivity index (χ3n) is 5.98. The van der Waals surface area contributed by atoms with Gasteiger partial charge in [0.25, 0.3) is 0 Å². The Morgan fingerprint density at radius 1 is 1.12 bits per heavy atom. The first-order valence-corrected chi connectivity index (χ1v) is 9.52. The van der Waals surface area contributed by atoms with Crippen LogP contribution >= 0.6 is 0 Å². The van der Waals surface area contributed by atoms with Gasteiger partial charge in [-0.05, 0) is 43.2 Å². The van der Waals surface area contributed by atoms with Gasteiger partial charge in [-0.15, -0.1) is 0 Å². The number of hydrogen-bond donors (Lipinski definition) is 1. The van der Waals surface area contributed by atoms with E-state index in [1.807, 2.05) is 6.07 Å². The standard InChI is InChI=1S/C20H28N2O2/c23-14-19-18-8-4-1-5-15(18)11-12-21(19)13-20(24)22(17-9-10-17)16-6-2-3-7-16/h1,4-5,8,16-17,19,23H,2-3,6-7,9-14H2. The summed E-state index contributed by atoms with van der Waals surface area (Å²) in [5.41, 5.74) is 2.51. The third-order valence-corrected chi connectivity index (χ3v) is 5.98. The molecule has 2 fully saturated rings. The second-order valence-electron chi connectivity index (χ2n) is 7.59. The summed E-state index contributed by atoms with van der Waals surface area (Å²) in [6.45, 7) is 1.39. The van der Waals surface area contributed by atoms with Crippen molar-refractivity contribution in [1.29, 1.82) is 0 Å². The van der Waals surface area contributed by atoms with Crippen LogP contribution in [-0.2, 0) is 11.2 Å². The monoisotopic (exact) mass is 328 g/mol. The number of amides is 1. The highest BCUT2D eigenvalue weighted by Gasteiger charge is 2.39. The van der Waals surface area contributed by atoms with E-state index in [1.165, 1.54) is 49.7 Å². The van der Waals surface area contributed by atoms with E-state index >= 15 is 0 Å². The van der Waals surface area contributed by atoms with Crippen LogP contribution in [0.15, 0.2) is 24.3 Å². The summed E-state index contributed by atoms with van der Waals surface area (Å²) in [7, 11) is 0. The molecule has 0 spiro atoms. The van der Waals surface area contributed by atoms with Gasteiger partial charge in [-0.1, -0.05) is 37.1 Å². The first-order valence-electron chi connectivity index (χ1n) is 9.52. The van der Waals surface area contributed by atoms with Crippen molar-refractivity contribution in [3.63, 3.8) is 0 Å². The van der Waals surface area contributed by atoms with Crippen molar-refractivity contribution in [1.82, 2.24) is 9.80 Å². The molecule has 0 radical (unpaired) electrons. The molecular formula is C20H28N2O2. The summed E-state index contributed by atoms with van der Waals surface area (Å²) in [5.74, 6) is 0.280. The van der Waals surface area contributed by atoms with Crippen molar-refractivity contribution >= 4 is 5.91 Å². The van der Waals surface area contributed by atoms with Gasteiger partial charge in [0.15, 0.2) is 0 Å². The van der Waals surface area contributed by atoms with E-state index < -0.39 is 0 Å². The van der Waals surface area contributed by atoms with E-state index in [4.69, 9.17) is 0 Å². The molecule has 3 aliphatic rings. The van der Waals surface area contributed by atoms with Crippen molar-refractivity contribution in [2.24, 2.45) is 0 Å². The summed E-state index contributed by atoms with van der Waals surface area (Å²) in [6.07, 6.45) is 8.19. The predicted molar refractivity (Wildman–Crippen MR) is 93.7 cm³/mol. The van der Waals surface area contributed by atoms with Crippen LogP contribution in [0.5, 0.6) is 0 Å². The molecule has 2 aliphatic carbocycles. The number of aliphatic hydroxyl groups is 1. The second kappa shape index (κ2) is 6.85. The molecule has 1 aromatic rings. The average molecular weight is 328 g/mol. The lowest BCUT2D eigenvalue weighted by molar-refractivity contribution is -0.136. The van der Waals surface area contributed by atoms with Crippen molar-refractivity contribution in [3.05, 3.63) is 35.4 Å². The molecule has 0 bridgehead atoms. The van der Waals surface area contributed by atoms with Gasteiger partial charge in [0, 0.05) is 18.6 Å². The van der Waals surface area contributed by atoms with Gasteiger partial charge < -0.3 is 10.0 Å². The van der Waals surface area contributed by atoms with Crippen molar-refractivity contribution in [3.8, 4) is 0 Å². The fourth-order valence-corrected chi connectivity index (χ4v) is 4.60. The fraction of sp³-hybridized carbons (Fsp3) is 0.650. The second-order valence-corrected chi connectivity index (χ2v) is 7.59. The van der Waals surface area contributed by atoms with Gasteiger partial charge in [-0.25, -0.2) is 0 Å². The van der Waals surface area contributed by atoms with Crippen molar-refractivity contribution < 1.29 is 9.90 Å². The first kappa shape index (κ1) is 16.1. The Morgan fingerprint density at radius 2 is 1.83 bits per heavy atom. The normalized spacial score (nSPS) is 24.8. The van der Waals surface area contributed by atoms with Gasteiger partial charge in [0.2, 0.25) is 5.91 Å². The Morgan fingerprint density at radius 3 is 2.54 bits per heavy atom. The van der Waals surface area contributed by atoms with Crippen molar-refractivity contribution in [2.75, 3.05) is 19.7 Å². The first-order chi connectivity index (χ1) is 11.8. The van der Waals surface area contributed by atoms with Crippen LogP contribution in [0.1, 0.15) is 55.7 Å². The summed E-state index contributed by atoms with van der Waals surface area (Å²) >= 11 is 0. The Bertz CT molecular complexity index is 593. The van der Waals surface area contributed by atoms with Crippen LogP contribution in [0, 0.1) is 0 Å². The molecule has 1 unspecified atom stereocenters. The number of fused-ring (bicyclic) bond motifs is 1. The van der Waals surface area contributed by atoms with E-state index in [0.29, 0.717) is 18.6 Å². The topological polar surface area (TPSA) is 43.8 Å². The molecule has 1 amide bonds. The highest BCUT2D eigenvalue weighted by Crippen LogP contribution is 2.35. The quantitative estimate of drug-likeness (QED) is 0.903. The molecule has 1 heterocycles. The van der Waals surface area contributed by atoms with Gasteiger partial charge in [0.1, 0.15) is 0 Å². The molecule has 1 aliphatic heterocycles.